The maximum absolute atomic E-state index is 11.3. The first-order chi connectivity index (χ1) is 7.38. The maximum Gasteiger partial charge on any atom is 0.222 e. The second kappa shape index (κ2) is 5.64. The molecule has 0 aromatic heterocycles. The van der Waals surface area contributed by atoms with Crippen LogP contribution < -0.4 is 5.32 Å². The van der Waals surface area contributed by atoms with Gasteiger partial charge in [-0.2, -0.15) is 0 Å². The summed E-state index contributed by atoms with van der Waals surface area (Å²) in [6.07, 6.45) is 1.60. The molecule has 1 heterocycles. The van der Waals surface area contributed by atoms with E-state index in [1.807, 2.05) is 7.05 Å². The van der Waals surface area contributed by atoms with Gasteiger partial charge < -0.3 is 15.0 Å². The SMILES string of the molecule is CN1CC(NCCOC(C)(C)C)CCC1=O. The van der Waals surface area contributed by atoms with Crippen LogP contribution in [0.1, 0.15) is 33.6 Å². The number of carbonyl (C=O) groups excluding carboxylic acids is 1. The van der Waals surface area contributed by atoms with Gasteiger partial charge in [-0.15, -0.1) is 0 Å². The molecule has 16 heavy (non-hydrogen) atoms. The lowest BCUT2D eigenvalue weighted by molar-refractivity contribution is -0.132. The highest BCUT2D eigenvalue weighted by molar-refractivity contribution is 5.76. The average molecular weight is 228 g/mol. The number of hydrogen-bond acceptors (Lipinski definition) is 3. The third-order valence-corrected chi connectivity index (χ3v) is 2.70. The molecule has 0 aromatic carbocycles. The first kappa shape index (κ1) is 13.5. The molecule has 1 aliphatic heterocycles. The van der Waals surface area contributed by atoms with Gasteiger partial charge >= 0.3 is 0 Å². The molecule has 1 saturated heterocycles. The minimum atomic E-state index is -0.0684. The summed E-state index contributed by atoms with van der Waals surface area (Å²) in [5, 5.41) is 3.43. The topological polar surface area (TPSA) is 41.6 Å². The summed E-state index contributed by atoms with van der Waals surface area (Å²) in [6, 6.07) is 0.422. The fraction of sp³-hybridized carbons (Fsp3) is 0.917. The van der Waals surface area contributed by atoms with Gasteiger partial charge in [0.25, 0.3) is 0 Å². The van der Waals surface area contributed by atoms with Crippen molar-refractivity contribution in [2.24, 2.45) is 0 Å². The lowest BCUT2D eigenvalue weighted by Gasteiger charge is -2.30. The first-order valence-corrected chi connectivity index (χ1v) is 6.00. The molecular formula is C12H24N2O2. The van der Waals surface area contributed by atoms with Crippen LogP contribution in [-0.4, -0.2) is 49.2 Å². The van der Waals surface area contributed by atoms with Crippen molar-refractivity contribution in [2.75, 3.05) is 26.7 Å². The van der Waals surface area contributed by atoms with Crippen molar-refractivity contribution < 1.29 is 9.53 Å². The van der Waals surface area contributed by atoms with E-state index in [9.17, 15) is 4.79 Å². The van der Waals surface area contributed by atoms with Gasteiger partial charge in [0.15, 0.2) is 0 Å². The number of carbonyl (C=O) groups is 1. The van der Waals surface area contributed by atoms with Crippen LogP contribution >= 0.6 is 0 Å². The van der Waals surface area contributed by atoms with E-state index in [1.54, 1.807) is 4.90 Å². The highest BCUT2D eigenvalue weighted by Crippen LogP contribution is 2.09. The van der Waals surface area contributed by atoms with E-state index in [2.05, 4.69) is 26.1 Å². The third kappa shape index (κ3) is 4.94. The molecule has 0 radical (unpaired) electrons. The Morgan fingerprint density at radius 3 is 2.75 bits per heavy atom. The average Bonchev–Trinajstić information content (AvgIpc) is 2.17. The van der Waals surface area contributed by atoms with Crippen molar-refractivity contribution in [1.82, 2.24) is 10.2 Å². The van der Waals surface area contributed by atoms with Gasteiger partial charge in [0.1, 0.15) is 0 Å². The van der Waals surface area contributed by atoms with Crippen LogP contribution in [0, 0.1) is 0 Å². The van der Waals surface area contributed by atoms with Crippen LogP contribution in [-0.2, 0) is 9.53 Å². The molecule has 1 fully saturated rings. The summed E-state index contributed by atoms with van der Waals surface area (Å²) < 4.78 is 5.63. The Hall–Kier alpha value is -0.610. The predicted octanol–water partition coefficient (Wildman–Crippen LogP) is 1.01. The summed E-state index contributed by atoms with van der Waals surface area (Å²) in [6.45, 7) is 8.55. The van der Waals surface area contributed by atoms with Gasteiger partial charge in [0.2, 0.25) is 5.91 Å². The van der Waals surface area contributed by atoms with Crippen LogP contribution in [0.5, 0.6) is 0 Å². The highest BCUT2D eigenvalue weighted by atomic mass is 16.5. The van der Waals surface area contributed by atoms with E-state index in [0.717, 1.165) is 26.1 Å². The Balaban J connectivity index is 2.12. The van der Waals surface area contributed by atoms with Gasteiger partial charge in [-0.25, -0.2) is 0 Å². The molecule has 1 amide bonds. The van der Waals surface area contributed by atoms with E-state index in [-0.39, 0.29) is 11.5 Å². The van der Waals surface area contributed by atoms with Crippen molar-refractivity contribution in [2.45, 2.75) is 45.3 Å². The lowest BCUT2D eigenvalue weighted by atomic mass is 10.1. The number of nitrogens with one attached hydrogen (secondary N) is 1. The Labute approximate surface area is 98.3 Å². The first-order valence-electron chi connectivity index (χ1n) is 6.00. The van der Waals surface area contributed by atoms with Gasteiger partial charge in [-0.1, -0.05) is 0 Å². The van der Waals surface area contributed by atoms with E-state index in [1.165, 1.54) is 0 Å². The number of likely N-dealkylation sites (N-methyl/N-ethyl adjacent to an activating group) is 1. The molecule has 0 saturated carbocycles. The van der Waals surface area contributed by atoms with E-state index < -0.39 is 0 Å². The molecule has 94 valence electrons. The molecule has 1 unspecified atom stereocenters. The minimum absolute atomic E-state index is 0.0684. The second-order valence-electron chi connectivity index (χ2n) is 5.42. The molecular weight excluding hydrogens is 204 g/mol. The number of nitrogens with zero attached hydrogens (tertiary/aromatic N) is 1. The van der Waals surface area contributed by atoms with Crippen LogP contribution in [0.2, 0.25) is 0 Å². The van der Waals surface area contributed by atoms with Crippen molar-refractivity contribution in [3.8, 4) is 0 Å². The van der Waals surface area contributed by atoms with Gasteiger partial charge in [0.05, 0.1) is 12.2 Å². The lowest BCUT2D eigenvalue weighted by Crippen LogP contribution is -2.47. The summed E-state index contributed by atoms with van der Waals surface area (Å²) >= 11 is 0. The Morgan fingerprint density at radius 2 is 2.19 bits per heavy atom. The molecule has 4 nitrogen and oxygen atoms in total. The zero-order valence-electron chi connectivity index (χ0n) is 10.9. The normalized spacial score (nSPS) is 22.6. The number of hydrogen-bond donors (Lipinski definition) is 1. The second-order valence-corrected chi connectivity index (χ2v) is 5.42. The summed E-state index contributed by atoms with van der Waals surface area (Å²) in [4.78, 5) is 13.1. The molecule has 1 N–H and O–H groups in total. The molecule has 1 atom stereocenters. The van der Waals surface area contributed by atoms with Crippen molar-refractivity contribution in [3.63, 3.8) is 0 Å². The highest BCUT2D eigenvalue weighted by Gasteiger charge is 2.22. The Morgan fingerprint density at radius 1 is 1.50 bits per heavy atom. The molecule has 1 aliphatic rings. The van der Waals surface area contributed by atoms with Gasteiger partial charge in [-0.05, 0) is 27.2 Å². The number of amides is 1. The molecule has 0 bridgehead atoms. The van der Waals surface area contributed by atoms with E-state index in [0.29, 0.717) is 12.5 Å². The van der Waals surface area contributed by atoms with Crippen LogP contribution in [0.15, 0.2) is 0 Å². The molecule has 4 heteroatoms. The standard InChI is InChI=1S/C12H24N2O2/c1-12(2,3)16-8-7-13-10-5-6-11(15)14(4)9-10/h10,13H,5-9H2,1-4H3. The Bertz CT molecular complexity index is 236. The van der Waals surface area contributed by atoms with Gasteiger partial charge in [0, 0.05) is 32.6 Å². The van der Waals surface area contributed by atoms with Crippen LogP contribution in [0.25, 0.3) is 0 Å². The quantitative estimate of drug-likeness (QED) is 0.730. The molecule has 1 rings (SSSR count). The minimum Gasteiger partial charge on any atom is -0.375 e. The number of likely N-dealkylation sites (tertiary alicyclic amines) is 1. The van der Waals surface area contributed by atoms with Crippen molar-refractivity contribution in [1.29, 1.82) is 0 Å². The predicted molar refractivity (Wildman–Crippen MR) is 64.4 cm³/mol. The largest absolute Gasteiger partial charge is 0.375 e. The molecule has 0 aliphatic carbocycles. The smallest absolute Gasteiger partial charge is 0.222 e. The third-order valence-electron chi connectivity index (χ3n) is 2.70. The Kier molecular flexibility index (Phi) is 4.74. The number of ether oxygens (including phenoxy) is 1. The van der Waals surface area contributed by atoms with Crippen molar-refractivity contribution >= 4 is 5.91 Å². The monoisotopic (exact) mass is 228 g/mol. The van der Waals surface area contributed by atoms with Crippen molar-refractivity contribution in [3.05, 3.63) is 0 Å². The molecule has 0 aromatic rings. The number of rotatable bonds is 4. The fourth-order valence-corrected chi connectivity index (χ4v) is 1.80. The van der Waals surface area contributed by atoms with E-state index in [4.69, 9.17) is 4.74 Å². The van der Waals surface area contributed by atoms with E-state index >= 15 is 0 Å². The van der Waals surface area contributed by atoms with Crippen LogP contribution in [0.4, 0.5) is 0 Å². The van der Waals surface area contributed by atoms with Gasteiger partial charge in [-0.3, -0.25) is 4.79 Å². The van der Waals surface area contributed by atoms with Crippen LogP contribution in [0.3, 0.4) is 0 Å². The zero-order valence-corrected chi connectivity index (χ0v) is 10.9. The summed E-state index contributed by atoms with van der Waals surface area (Å²) in [5.74, 6) is 0.254. The number of piperidine rings is 1. The summed E-state index contributed by atoms with van der Waals surface area (Å²) in [7, 11) is 1.86. The zero-order chi connectivity index (χ0) is 12.2. The fourth-order valence-electron chi connectivity index (χ4n) is 1.80. The summed E-state index contributed by atoms with van der Waals surface area (Å²) in [5.41, 5.74) is -0.0684. The molecule has 0 spiro atoms. The maximum atomic E-state index is 11.3.